The summed E-state index contributed by atoms with van der Waals surface area (Å²) in [6, 6.07) is 6.36. The van der Waals surface area contributed by atoms with Gasteiger partial charge in [0.2, 0.25) is 0 Å². The van der Waals surface area contributed by atoms with Gasteiger partial charge in [-0.25, -0.2) is 0 Å². The van der Waals surface area contributed by atoms with E-state index in [1.54, 1.807) is 0 Å². The molecule has 3 nitrogen and oxygen atoms in total. The number of carboxylic acid groups (broad SMARTS) is 1. The molecule has 0 aliphatic heterocycles. The van der Waals surface area contributed by atoms with Gasteiger partial charge in [-0.3, -0.25) is 4.79 Å². The molecule has 0 saturated heterocycles. The summed E-state index contributed by atoms with van der Waals surface area (Å²) in [5.74, 6) is 0.0183. The number of nitrogens with one attached hydrogen (secondary N) is 1. The maximum absolute atomic E-state index is 11.2. The van der Waals surface area contributed by atoms with Crippen molar-refractivity contribution in [1.82, 2.24) is 4.98 Å². The highest BCUT2D eigenvalue weighted by Gasteiger charge is 2.36. The minimum Gasteiger partial charge on any atom is -0.481 e. The second-order valence-corrected chi connectivity index (χ2v) is 5.90. The van der Waals surface area contributed by atoms with Crippen LogP contribution in [0.2, 0.25) is 0 Å². The van der Waals surface area contributed by atoms with Crippen molar-refractivity contribution in [3.8, 4) is 0 Å². The van der Waals surface area contributed by atoms with Crippen LogP contribution in [0.3, 0.4) is 0 Å². The maximum atomic E-state index is 11.2. The Labute approximate surface area is 119 Å². The Kier molecular flexibility index (Phi) is 3.28. The zero-order valence-corrected chi connectivity index (χ0v) is 12.1. The highest BCUT2D eigenvalue weighted by Crippen LogP contribution is 2.47. The average molecular weight is 271 g/mol. The Bertz CT molecular complexity index is 652. The first-order chi connectivity index (χ1) is 9.61. The van der Waals surface area contributed by atoms with Gasteiger partial charge in [0.15, 0.2) is 0 Å². The fraction of sp³-hybridized carbons (Fsp3) is 0.471. The molecule has 20 heavy (non-hydrogen) atoms. The lowest BCUT2D eigenvalue weighted by Gasteiger charge is -2.15. The number of rotatable bonds is 5. The molecule has 1 atom stereocenters. The molecule has 2 aromatic rings. The predicted molar refractivity (Wildman–Crippen MR) is 80.1 cm³/mol. The van der Waals surface area contributed by atoms with Crippen molar-refractivity contribution in [3.63, 3.8) is 0 Å². The first kappa shape index (κ1) is 13.2. The monoisotopic (exact) mass is 271 g/mol. The predicted octanol–water partition coefficient (Wildman–Crippen LogP) is 4.01. The minimum absolute atomic E-state index is 0.161. The molecule has 0 bridgehead atoms. The number of aliphatic carboxylic acids is 1. The van der Waals surface area contributed by atoms with Gasteiger partial charge < -0.3 is 10.1 Å². The largest absolute Gasteiger partial charge is 0.481 e. The maximum Gasteiger partial charge on any atom is 0.303 e. The van der Waals surface area contributed by atoms with Crippen LogP contribution in [-0.2, 0) is 11.2 Å². The number of benzene rings is 1. The van der Waals surface area contributed by atoms with Gasteiger partial charge in [-0.15, -0.1) is 0 Å². The molecule has 1 aromatic heterocycles. The van der Waals surface area contributed by atoms with Crippen LogP contribution in [0.5, 0.6) is 0 Å². The topological polar surface area (TPSA) is 53.1 Å². The number of carboxylic acids is 1. The van der Waals surface area contributed by atoms with Gasteiger partial charge in [-0.2, -0.15) is 0 Å². The van der Waals surface area contributed by atoms with E-state index in [-0.39, 0.29) is 12.3 Å². The SMILES string of the molecule is CCc1cccc2c(C(CC(=O)O)C3CC3)c(C)[nH]c12. The molecule has 1 unspecified atom stereocenters. The lowest BCUT2D eigenvalue weighted by molar-refractivity contribution is -0.137. The first-order valence-electron chi connectivity index (χ1n) is 7.43. The smallest absolute Gasteiger partial charge is 0.303 e. The number of aromatic nitrogens is 1. The molecule has 3 heteroatoms. The van der Waals surface area contributed by atoms with Crippen LogP contribution >= 0.6 is 0 Å². The van der Waals surface area contributed by atoms with Crippen molar-refractivity contribution < 1.29 is 9.90 Å². The number of hydrogen-bond acceptors (Lipinski definition) is 1. The summed E-state index contributed by atoms with van der Waals surface area (Å²) >= 11 is 0. The molecule has 1 aliphatic rings. The van der Waals surface area contributed by atoms with Gasteiger partial charge in [0.05, 0.1) is 6.42 Å². The van der Waals surface area contributed by atoms with E-state index in [9.17, 15) is 9.90 Å². The van der Waals surface area contributed by atoms with E-state index in [0.29, 0.717) is 5.92 Å². The zero-order chi connectivity index (χ0) is 14.3. The number of para-hydroxylation sites is 1. The van der Waals surface area contributed by atoms with Crippen molar-refractivity contribution in [2.45, 2.75) is 45.4 Å². The normalized spacial score (nSPS) is 16.5. The second-order valence-electron chi connectivity index (χ2n) is 5.90. The van der Waals surface area contributed by atoms with Gasteiger partial charge in [-0.05, 0) is 49.1 Å². The summed E-state index contributed by atoms with van der Waals surface area (Å²) in [7, 11) is 0. The summed E-state index contributed by atoms with van der Waals surface area (Å²) in [5, 5.41) is 10.4. The lowest BCUT2D eigenvalue weighted by Crippen LogP contribution is -2.09. The highest BCUT2D eigenvalue weighted by molar-refractivity contribution is 5.88. The fourth-order valence-electron chi connectivity index (χ4n) is 3.39. The van der Waals surface area contributed by atoms with E-state index < -0.39 is 5.97 Å². The Morgan fingerprint density at radius 3 is 2.80 bits per heavy atom. The summed E-state index contributed by atoms with van der Waals surface area (Å²) in [6.45, 7) is 4.23. The van der Waals surface area contributed by atoms with Crippen LogP contribution in [-0.4, -0.2) is 16.1 Å². The van der Waals surface area contributed by atoms with Gasteiger partial charge in [0, 0.05) is 16.6 Å². The number of hydrogen-bond donors (Lipinski definition) is 2. The van der Waals surface area contributed by atoms with Crippen molar-refractivity contribution in [2.75, 3.05) is 0 Å². The van der Waals surface area contributed by atoms with Gasteiger partial charge in [0.25, 0.3) is 0 Å². The van der Waals surface area contributed by atoms with Gasteiger partial charge in [-0.1, -0.05) is 25.1 Å². The standard InChI is InChI=1S/C17H21NO2/c1-3-11-5-4-6-13-16(10(2)18-17(11)13)14(9-15(19)20)12-7-8-12/h4-6,12,14,18H,3,7-9H2,1-2H3,(H,19,20). The number of aromatic amines is 1. The summed E-state index contributed by atoms with van der Waals surface area (Å²) in [6.07, 6.45) is 3.56. The van der Waals surface area contributed by atoms with Crippen molar-refractivity contribution >= 4 is 16.9 Å². The van der Waals surface area contributed by atoms with E-state index in [2.05, 4.69) is 37.0 Å². The van der Waals surface area contributed by atoms with E-state index >= 15 is 0 Å². The first-order valence-corrected chi connectivity index (χ1v) is 7.43. The molecule has 2 N–H and O–H groups in total. The van der Waals surface area contributed by atoms with Crippen molar-refractivity contribution in [3.05, 3.63) is 35.0 Å². The van der Waals surface area contributed by atoms with E-state index in [1.807, 2.05) is 0 Å². The molecule has 0 spiro atoms. The summed E-state index contributed by atoms with van der Waals surface area (Å²) < 4.78 is 0. The zero-order valence-electron chi connectivity index (χ0n) is 12.1. The number of H-pyrrole nitrogens is 1. The average Bonchev–Trinajstić information content (AvgIpc) is 3.18. The molecule has 0 radical (unpaired) electrons. The Balaban J connectivity index is 2.14. The molecule has 106 valence electrons. The number of carbonyl (C=O) groups is 1. The Morgan fingerprint density at radius 2 is 2.20 bits per heavy atom. The van der Waals surface area contributed by atoms with Crippen LogP contribution in [0.1, 0.15) is 48.9 Å². The quantitative estimate of drug-likeness (QED) is 0.863. The van der Waals surface area contributed by atoms with Crippen LogP contribution in [0.4, 0.5) is 0 Å². The third-order valence-electron chi connectivity index (χ3n) is 4.49. The second kappa shape index (κ2) is 4.97. The molecular formula is C17H21NO2. The summed E-state index contributed by atoms with van der Waals surface area (Å²) in [4.78, 5) is 14.7. The number of aryl methyl sites for hydroxylation is 2. The Hall–Kier alpha value is -1.77. The fourth-order valence-corrected chi connectivity index (χ4v) is 3.39. The molecule has 1 aromatic carbocycles. The van der Waals surface area contributed by atoms with E-state index in [1.165, 1.54) is 22.0 Å². The van der Waals surface area contributed by atoms with E-state index in [4.69, 9.17) is 0 Å². The number of fused-ring (bicyclic) bond motifs is 1. The molecular weight excluding hydrogens is 250 g/mol. The van der Waals surface area contributed by atoms with Gasteiger partial charge in [0.1, 0.15) is 0 Å². The van der Waals surface area contributed by atoms with Crippen LogP contribution in [0.15, 0.2) is 18.2 Å². The van der Waals surface area contributed by atoms with Crippen molar-refractivity contribution in [2.24, 2.45) is 5.92 Å². The third kappa shape index (κ3) is 2.21. The lowest BCUT2D eigenvalue weighted by atomic mass is 9.88. The minimum atomic E-state index is -0.692. The molecule has 1 saturated carbocycles. The molecule has 1 aliphatic carbocycles. The third-order valence-corrected chi connectivity index (χ3v) is 4.49. The molecule has 1 heterocycles. The van der Waals surface area contributed by atoms with Crippen LogP contribution in [0.25, 0.3) is 10.9 Å². The molecule has 1 fully saturated rings. The highest BCUT2D eigenvalue weighted by atomic mass is 16.4. The van der Waals surface area contributed by atoms with Crippen LogP contribution in [0, 0.1) is 12.8 Å². The van der Waals surface area contributed by atoms with Crippen molar-refractivity contribution in [1.29, 1.82) is 0 Å². The van der Waals surface area contributed by atoms with E-state index in [0.717, 1.165) is 25.0 Å². The molecule has 3 rings (SSSR count). The van der Waals surface area contributed by atoms with Gasteiger partial charge >= 0.3 is 5.97 Å². The molecule has 0 amide bonds. The summed E-state index contributed by atoms with van der Waals surface area (Å²) in [5.41, 5.74) is 4.87. The Morgan fingerprint density at radius 1 is 1.45 bits per heavy atom. The van der Waals surface area contributed by atoms with Crippen LogP contribution < -0.4 is 0 Å².